The number of amides is 2. The molecule has 1 aromatic carbocycles. The van der Waals surface area contributed by atoms with Gasteiger partial charge in [0.1, 0.15) is 0 Å². The molecule has 0 bridgehead atoms. The number of aliphatic hydroxyl groups is 1. The Hall–Kier alpha value is -1.88. The second-order valence-electron chi connectivity index (χ2n) is 5.91. The van der Waals surface area contributed by atoms with Crippen LogP contribution in [0.15, 0.2) is 18.2 Å². The predicted molar refractivity (Wildman–Crippen MR) is 88.0 cm³/mol. The molecule has 0 radical (unpaired) electrons. The van der Waals surface area contributed by atoms with Gasteiger partial charge >= 0.3 is 11.8 Å². The molecular weight excluding hydrogens is 280 g/mol. The predicted octanol–water partition coefficient (Wildman–Crippen LogP) is 2.37. The third-order valence-corrected chi connectivity index (χ3v) is 3.44. The molecule has 5 nitrogen and oxygen atoms in total. The summed E-state index contributed by atoms with van der Waals surface area (Å²) in [6.07, 6.45) is 0.429. The van der Waals surface area contributed by atoms with Crippen molar-refractivity contribution in [3.8, 4) is 0 Å². The van der Waals surface area contributed by atoms with Gasteiger partial charge in [0.2, 0.25) is 0 Å². The van der Waals surface area contributed by atoms with E-state index in [9.17, 15) is 9.59 Å². The summed E-state index contributed by atoms with van der Waals surface area (Å²) >= 11 is 0. The van der Waals surface area contributed by atoms with Crippen molar-refractivity contribution in [1.82, 2.24) is 5.32 Å². The van der Waals surface area contributed by atoms with Crippen LogP contribution in [0.2, 0.25) is 0 Å². The first kappa shape index (κ1) is 18.2. The van der Waals surface area contributed by atoms with Crippen molar-refractivity contribution in [3.63, 3.8) is 0 Å². The maximum Gasteiger partial charge on any atom is 0.313 e. The fourth-order valence-electron chi connectivity index (χ4n) is 2.23. The average Bonchev–Trinajstić information content (AvgIpc) is 2.46. The Balaban J connectivity index is 2.95. The van der Waals surface area contributed by atoms with E-state index in [-0.39, 0.29) is 25.0 Å². The molecule has 0 atom stereocenters. The van der Waals surface area contributed by atoms with E-state index < -0.39 is 11.8 Å². The van der Waals surface area contributed by atoms with Crippen LogP contribution in [0.4, 0.5) is 5.69 Å². The van der Waals surface area contributed by atoms with Crippen LogP contribution in [0.1, 0.15) is 57.1 Å². The summed E-state index contributed by atoms with van der Waals surface area (Å²) in [6, 6.07) is 5.91. The van der Waals surface area contributed by atoms with E-state index in [1.807, 2.05) is 18.2 Å². The molecule has 122 valence electrons. The van der Waals surface area contributed by atoms with E-state index in [1.54, 1.807) is 0 Å². The second kappa shape index (κ2) is 8.54. The molecule has 0 aliphatic heterocycles. The highest BCUT2D eigenvalue weighted by molar-refractivity contribution is 6.39. The lowest BCUT2D eigenvalue weighted by Crippen LogP contribution is -2.36. The van der Waals surface area contributed by atoms with Gasteiger partial charge in [0.25, 0.3) is 0 Å². The number of nitrogens with one attached hydrogen (secondary N) is 2. The highest BCUT2D eigenvalue weighted by Crippen LogP contribution is 2.32. The molecule has 0 spiro atoms. The number of aliphatic hydroxyl groups excluding tert-OH is 1. The molecule has 0 aliphatic rings. The van der Waals surface area contributed by atoms with E-state index in [0.717, 1.165) is 16.8 Å². The Kier molecular flexibility index (Phi) is 7.05. The summed E-state index contributed by atoms with van der Waals surface area (Å²) in [6.45, 7) is 8.47. The van der Waals surface area contributed by atoms with Crippen LogP contribution in [0, 0.1) is 0 Å². The third-order valence-electron chi connectivity index (χ3n) is 3.44. The van der Waals surface area contributed by atoms with E-state index in [0.29, 0.717) is 6.42 Å². The van der Waals surface area contributed by atoms with Crippen LogP contribution < -0.4 is 10.6 Å². The minimum atomic E-state index is -0.679. The lowest BCUT2D eigenvalue weighted by molar-refractivity contribution is -0.136. The normalized spacial score (nSPS) is 10.9. The monoisotopic (exact) mass is 306 g/mol. The molecule has 2 amide bonds. The zero-order chi connectivity index (χ0) is 16.7. The Labute approximate surface area is 132 Å². The maximum absolute atomic E-state index is 12.1. The van der Waals surface area contributed by atoms with Crippen LogP contribution in [-0.4, -0.2) is 30.1 Å². The summed E-state index contributed by atoms with van der Waals surface area (Å²) in [5.41, 5.74) is 2.76. The second-order valence-corrected chi connectivity index (χ2v) is 5.91. The van der Waals surface area contributed by atoms with Crippen molar-refractivity contribution < 1.29 is 14.7 Å². The third kappa shape index (κ3) is 4.84. The summed E-state index contributed by atoms with van der Waals surface area (Å²) in [5.74, 6) is -0.868. The van der Waals surface area contributed by atoms with Crippen molar-refractivity contribution in [2.45, 2.75) is 46.0 Å². The number of anilines is 1. The van der Waals surface area contributed by atoms with E-state index in [2.05, 4.69) is 38.3 Å². The molecule has 0 unspecified atom stereocenters. The number of hydrogen-bond acceptors (Lipinski definition) is 3. The van der Waals surface area contributed by atoms with Crippen LogP contribution in [0.5, 0.6) is 0 Å². The number of rotatable bonds is 6. The molecule has 1 rings (SSSR count). The maximum atomic E-state index is 12.1. The molecule has 0 aromatic heterocycles. The van der Waals surface area contributed by atoms with E-state index >= 15 is 0 Å². The highest BCUT2D eigenvalue weighted by Gasteiger charge is 2.19. The lowest BCUT2D eigenvalue weighted by Gasteiger charge is -2.20. The van der Waals surface area contributed by atoms with Crippen LogP contribution >= 0.6 is 0 Å². The largest absolute Gasteiger partial charge is 0.396 e. The van der Waals surface area contributed by atoms with E-state index in [1.165, 1.54) is 0 Å². The fraction of sp³-hybridized carbons (Fsp3) is 0.529. The number of hydrogen-bond donors (Lipinski definition) is 3. The number of benzene rings is 1. The molecule has 0 fully saturated rings. The Morgan fingerprint density at radius 3 is 2.05 bits per heavy atom. The average molecular weight is 306 g/mol. The van der Waals surface area contributed by atoms with Crippen LogP contribution in [0.3, 0.4) is 0 Å². The smallest absolute Gasteiger partial charge is 0.313 e. The highest BCUT2D eigenvalue weighted by atomic mass is 16.3. The molecule has 0 heterocycles. The van der Waals surface area contributed by atoms with Gasteiger partial charge in [0.05, 0.1) is 0 Å². The van der Waals surface area contributed by atoms with Gasteiger partial charge < -0.3 is 15.7 Å². The zero-order valence-electron chi connectivity index (χ0n) is 13.8. The summed E-state index contributed by atoms with van der Waals surface area (Å²) in [5, 5.41) is 13.9. The van der Waals surface area contributed by atoms with Gasteiger partial charge in [-0.25, -0.2) is 0 Å². The Morgan fingerprint density at radius 2 is 1.59 bits per heavy atom. The SMILES string of the molecule is CC(C)c1cccc(C(C)C)c1NC(=O)C(=O)NCCCO. The van der Waals surface area contributed by atoms with Crippen molar-refractivity contribution in [1.29, 1.82) is 0 Å². The van der Waals surface area contributed by atoms with Crippen LogP contribution in [0.25, 0.3) is 0 Å². The summed E-state index contributed by atoms with van der Waals surface area (Å²) in [7, 11) is 0. The first-order valence-electron chi connectivity index (χ1n) is 7.71. The standard InChI is InChI=1S/C17H26N2O3/c1-11(2)13-7-5-8-14(12(3)4)15(13)19-17(22)16(21)18-9-6-10-20/h5,7-8,11-12,20H,6,9-10H2,1-4H3,(H,18,21)(H,19,22). The first-order chi connectivity index (χ1) is 10.4. The molecule has 5 heteroatoms. The minimum Gasteiger partial charge on any atom is -0.396 e. The lowest BCUT2D eigenvalue weighted by atomic mass is 9.92. The molecule has 22 heavy (non-hydrogen) atoms. The van der Waals surface area contributed by atoms with Crippen molar-refractivity contribution in [2.75, 3.05) is 18.5 Å². The van der Waals surface area contributed by atoms with Gasteiger partial charge in [-0.15, -0.1) is 0 Å². The molecular formula is C17H26N2O3. The topological polar surface area (TPSA) is 78.4 Å². The van der Waals surface area contributed by atoms with Gasteiger partial charge in [-0.3, -0.25) is 9.59 Å². The number of para-hydroxylation sites is 1. The molecule has 0 aliphatic carbocycles. The van der Waals surface area contributed by atoms with Gasteiger partial charge in [0, 0.05) is 18.8 Å². The van der Waals surface area contributed by atoms with Gasteiger partial charge in [-0.05, 0) is 29.4 Å². The van der Waals surface area contributed by atoms with Crippen molar-refractivity contribution >= 4 is 17.5 Å². The quantitative estimate of drug-likeness (QED) is 0.558. The number of carbonyl (C=O) groups excluding carboxylic acids is 2. The molecule has 0 saturated heterocycles. The Bertz CT molecular complexity index is 498. The summed E-state index contributed by atoms with van der Waals surface area (Å²) in [4.78, 5) is 23.9. The fourth-order valence-corrected chi connectivity index (χ4v) is 2.23. The molecule has 1 aromatic rings. The van der Waals surface area contributed by atoms with Gasteiger partial charge in [-0.2, -0.15) is 0 Å². The number of carbonyl (C=O) groups is 2. The minimum absolute atomic E-state index is 0.0183. The summed E-state index contributed by atoms with van der Waals surface area (Å²) < 4.78 is 0. The van der Waals surface area contributed by atoms with Gasteiger partial charge in [-0.1, -0.05) is 45.9 Å². The van der Waals surface area contributed by atoms with Crippen molar-refractivity contribution in [3.05, 3.63) is 29.3 Å². The van der Waals surface area contributed by atoms with Crippen molar-refractivity contribution in [2.24, 2.45) is 0 Å². The molecule has 3 N–H and O–H groups in total. The van der Waals surface area contributed by atoms with Crippen LogP contribution in [-0.2, 0) is 9.59 Å². The van der Waals surface area contributed by atoms with E-state index in [4.69, 9.17) is 5.11 Å². The van der Waals surface area contributed by atoms with Gasteiger partial charge in [0.15, 0.2) is 0 Å². The zero-order valence-corrected chi connectivity index (χ0v) is 13.8. The first-order valence-corrected chi connectivity index (χ1v) is 7.71. The molecule has 0 saturated carbocycles. The Morgan fingerprint density at radius 1 is 1.05 bits per heavy atom.